The average molecular weight is 872 g/mol. The molecule has 0 spiro atoms. The van der Waals surface area contributed by atoms with E-state index in [2.05, 4.69) is 30.5 Å². The van der Waals surface area contributed by atoms with Crippen molar-refractivity contribution in [3.63, 3.8) is 0 Å². The average Bonchev–Trinajstić information content (AvgIpc) is 3.22. The highest BCUT2D eigenvalue weighted by molar-refractivity contribution is 7.47. The van der Waals surface area contributed by atoms with Gasteiger partial charge in [0.15, 0.2) is 6.10 Å². The van der Waals surface area contributed by atoms with Crippen molar-refractivity contribution in [1.82, 2.24) is 0 Å². The second-order valence-corrected chi connectivity index (χ2v) is 18.1. The number of unbranched alkanes of at least 4 members (excludes halogenated alkanes) is 28. The predicted molar refractivity (Wildman–Crippen MR) is 245 cm³/mol. The van der Waals surface area contributed by atoms with E-state index in [1.165, 1.54) is 161 Å². The lowest BCUT2D eigenvalue weighted by Crippen LogP contribution is -2.34. The van der Waals surface area contributed by atoms with Gasteiger partial charge in [-0.05, 0) is 32.1 Å². The molecule has 60 heavy (non-hydrogen) atoms. The van der Waals surface area contributed by atoms with Gasteiger partial charge in [0.1, 0.15) is 12.6 Å². The van der Waals surface area contributed by atoms with E-state index in [1.807, 2.05) is 12.2 Å². The maximum Gasteiger partial charge on any atom is 0.472 e. The van der Waals surface area contributed by atoms with Crippen LogP contribution in [-0.2, 0) is 37.5 Å². The van der Waals surface area contributed by atoms with Crippen LogP contribution >= 0.6 is 7.82 Å². The molecule has 0 bridgehead atoms. The first-order valence-electron chi connectivity index (χ1n) is 24.4. The Labute approximate surface area is 366 Å². The number of carboxylic acids is 1. The number of carboxylic acid groups (broad SMARTS) is 1. The standard InChI is InChI=1S/C48H90NO10P/c1-3-5-7-9-11-13-15-17-18-19-20-21-22-23-24-25-26-28-29-31-33-35-37-39-46(50)56-41-44(42-57-60(54,55)58-43-45(49)48(52)53)59-47(51)40-38-36-34-32-30-27-16-14-12-10-8-6-4-2/h27,30,34,36,44-45H,3-26,28-29,31-33,35,37-43,49H2,1-2H3,(H,52,53)(H,54,55)/b30-27+,36-34+/t44?,45-/m0/s1. The molecule has 0 saturated carbocycles. The first-order valence-corrected chi connectivity index (χ1v) is 25.9. The third kappa shape index (κ3) is 42.6. The number of nitrogens with two attached hydrogens (primary N) is 1. The predicted octanol–water partition coefficient (Wildman–Crippen LogP) is 13.4. The molecule has 0 rings (SSSR count). The second-order valence-electron chi connectivity index (χ2n) is 16.6. The van der Waals surface area contributed by atoms with Crippen LogP contribution < -0.4 is 5.73 Å². The third-order valence-electron chi connectivity index (χ3n) is 10.7. The van der Waals surface area contributed by atoms with Crippen molar-refractivity contribution in [3.8, 4) is 0 Å². The molecule has 0 heterocycles. The molecule has 0 aromatic rings. The van der Waals surface area contributed by atoms with Gasteiger partial charge in [0.25, 0.3) is 0 Å². The summed E-state index contributed by atoms with van der Waals surface area (Å²) >= 11 is 0. The zero-order valence-electron chi connectivity index (χ0n) is 38.3. The van der Waals surface area contributed by atoms with Gasteiger partial charge in [-0.15, -0.1) is 0 Å². The molecule has 0 aromatic carbocycles. The van der Waals surface area contributed by atoms with Gasteiger partial charge in [0.2, 0.25) is 0 Å². The number of carbonyl (C=O) groups excluding carboxylic acids is 2. The third-order valence-corrected chi connectivity index (χ3v) is 11.7. The lowest BCUT2D eigenvalue weighted by molar-refractivity contribution is -0.161. The van der Waals surface area contributed by atoms with E-state index in [-0.39, 0.29) is 19.4 Å². The minimum atomic E-state index is -4.73. The fraction of sp³-hybridized carbons (Fsp3) is 0.854. The Morgan fingerprint density at radius 1 is 0.517 bits per heavy atom. The summed E-state index contributed by atoms with van der Waals surface area (Å²) in [6.45, 7) is 2.77. The molecule has 0 aromatic heterocycles. The molecule has 12 heteroatoms. The molecule has 2 unspecified atom stereocenters. The molecule has 0 amide bonds. The maximum atomic E-state index is 12.6. The normalized spacial score (nSPS) is 13.8. The van der Waals surface area contributed by atoms with Crippen molar-refractivity contribution in [1.29, 1.82) is 0 Å². The van der Waals surface area contributed by atoms with Gasteiger partial charge < -0.3 is 25.2 Å². The van der Waals surface area contributed by atoms with Crippen LogP contribution in [0.2, 0.25) is 0 Å². The molecule has 4 N–H and O–H groups in total. The number of phosphoric acid groups is 1. The van der Waals surface area contributed by atoms with E-state index in [1.54, 1.807) is 0 Å². The number of carbonyl (C=O) groups is 3. The lowest BCUT2D eigenvalue weighted by Gasteiger charge is -2.20. The summed E-state index contributed by atoms with van der Waals surface area (Å²) in [7, 11) is -4.73. The monoisotopic (exact) mass is 872 g/mol. The number of phosphoric ester groups is 1. The molecule has 0 radical (unpaired) electrons. The van der Waals surface area contributed by atoms with Crippen LogP contribution in [0.3, 0.4) is 0 Å². The highest BCUT2D eigenvalue weighted by atomic mass is 31.2. The molecule has 0 aliphatic heterocycles. The maximum absolute atomic E-state index is 12.6. The Kier molecular flexibility index (Phi) is 42.1. The van der Waals surface area contributed by atoms with Crippen molar-refractivity contribution < 1.29 is 47.5 Å². The Hall–Kier alpha value is -2.04. The molecule has 0 saturated heterocycles. The van der Waals surface area contributed by atoms with Gasteiger partial charge in [0.05, 0.1) is 13.2 Å². The van der Waals surface area contributed by atoms with Gasteiger partial charge in [-0.2, -0.15) is 0 Å². The van der Waals surface area contributed by atoms with Crippen molar-refractivity contribution in [2.75, 3.05) is 19.8 Å². The zero-order chi connectivity index (χ0) is 44.2. The number of hydrogen-bond donors (Lipinski definition) is 3. The Balaban J connectivity index is 4.21. The number of rotatable bonds is 46. The van der Waals surface area contributed by atoms with Crippen LogP contribution in [0.15, 0.2) is 24.3 Å². The van der Waals surface area contributed by atoms with Crippen molar-refractivity contribution in [3.05, 3.63) is 24.3 Å². The smallest absolute Gasteiger partial charge is 0.472 e. The Bertz CT molecular complexity index is 1120. The fourth-order valence-electron chi connectivity index (χ4n) is 6.88. The number of hydrogen-bond acceptors (Lipinski definition) is 9. The van der Waals surface area contributed by atoms with Gasteiger partial charge >= 0.3 is 25.7 Å². The lowest BCUT2D eigenvalue weighted by atomic mass is 10.0. The molecular formula is C48H90NO10P. The largest absolute Gasteiger partial charge is 0.480 e. The van der Waals surface area contributed by atoms with Crippen molar-refractivity contribution in [2.24, 2.45) is 5.73 Å². The molecule has 3 atom stereocenters. The highest BCUT2D eigenvalue weighted by Crippen LogP contribution is 2.43. The molecule has 352 valence electrons. The summed E-state index contributed by atoms with van der Waals surface area (Å²) in [5.74, 6) is -2.45. The summed E-state index contributed by atoms with van der Waals surface area (Å²) in [5.41, 5.74) is 5.34. The second kappa shape index (κ2) is 43.6. The first-order chi connectivity index (χ1) is 29.1. The molecule has 0 aliphatic rings. The van der Waals surface area contributed by atoms with Crippen molar-refractivity contribution >= 4 is 25.7 Å². The minimum absolute atomic E-state index is 0.0582. The molecule has 0 fully saturated rings. The summed E-state index contributed by atoms with van der Waals surface area (Å²) < 4.78 is 32.7. The van der Waals surface area contributed by atoms with E-state index in [0.717, 1.165) is 32.1 Å². The highest BCUT2D eigenvalue weighted by Gasteiger charge is 2.28. The summed E-state index contributed by atoms with van der Waals surface area (Å²) in [6.07, 6.45) is 47.0. The van der Waals surface area contributed by atoms with Crippen LogP contribution in [0.5, 0.6) is 0 Å². The topological polar surface area (TPSA) is 172 Å². The SMILES string of the molecule is CCCCCCCC/C=C/C/C=C/CCC(=O)OC(COC(=O)CCCCCCCCCCCCCCCCCCCCCCCCC)COP(=O)(O)OC[C@H](N)C(=O)O. The quantitative estimate of drug-likeness (QED) is 0.0230. The van der Waals surface area contributed by atoms with Gasteiger partial charge in [-0.3, -0.25) is 23.4 Å². The number of allylic oxidation sites excluding steroid dienone is 4. The summed E-state index contributed by atoms with van der Waals surface area (Å²) in [6, 6.07) is -1.53. The van der Waals surface area contributed by atoms with E-state index >= 15 is 0 Å². The molecule has 0 aliphatic carbocycles. The van der Waals surface area contributed by atoms with E-state index in [9.17, 15) is 23.8 Å². The summed E-state index contributed by atoms with van der Waals surface area (Å²) in [5, 5.41) is 8.90. The van der Waals surface area contributed by atoms with Crippen LogP contribution in [0.25, 0.3) is 0 Å². The number of aliphatic carboxylic acids is 1. The van der Waals surface area contributed by atoms with Crippen LogP contribution in [0.4, 0.5) is 0 Å². The molecule has 11 nitrogen and oxygen atoms in total. The Morgan fingerprint density at radius 3 is 1.37 bits per heavy atom. The van der Waals surface area contributed by atoms with Gasteiger partial charge in [-0.1, -0.05) is 212 Å². The van der Waals surface area contributed by atoms with Crippen molar-refractivity contribution in [2.45, 2.75) is 244 Å². The van der Waals surface area contributed by atoms with Crippen LogP contribution in [0.1, 0.15) is 232 Å². The first kappa shape index (κ1) is 58.0. The Morgan fingerprint density at radius 2 is 0.917 bits per heavy atom. The van der Waals surface area contributed by atoms with Crippen LogP contribution in [-0.4, -0.2) is 59.9 Å². The van der Waals surface area contributed by atoms with E-state index < -0.39 is 51.1 Å². The summed E-state index contributed by atoms with van der Waals surface area (Å²) in [4.78, 5) is 46.0. The number of esters is 2. The van der Waals surface area contributed by atoms with E-state index in [4.69, 9.17) is 24.8 Å². The van der Waals surface area contributed by atoms with E-state index in [0.29, 0.717) is 12.8 Å². The van der Waals surface area contributed by atoms with Gasteiger partial charge in [0, 0.05) is 12.8 Å². The molecular weight excluding hydrogens is 781 g/mol. The minimum Gasteiger partial charge on any atom is -0.480 e. The van der Waals surface area contributed by atoms with Gasteiger partial charge in [-0.25, -0.2) is 4.57 Å². The zero-order valence-corrected chi connectivity index (χ0v) is 39.2. The van der Waals surface area contributed by atoms with Crippen LogP contribution in [0, 0.1) is 0 Å². The number of ether oxygens (including phenoxy) is 2. The fourth-order valence-corrected chi connectivity index (χ4v) is 7.66.